The molecule has 0 aliphatic carbocycles. The van der Waals surface area contributed by atoms with Crippen molar-refractivity contribution in [2.75, 3.05) is 13.2 Å². The highest BCUT2D eigenvalue weighted by atomic mass is 32.2. The summed E-state index contributed by atoms with van der Waals surface area (Å²) >= 11 is 0. The van der Waals surface area contributed by atoms with E-state index >= 15 is 0 Å². The van der Waals surface area contributed by atoms with E-state index in [-0.39, 0.29) is 18.1 Å². The molecule has 0 amide bonds. The number of rotatable bonds is 9. The molecule has 4 aromatic carbocycles. The topological polar surface area (TPSA) is 52.6 Å². The number of hydrogen-bond acceptors (Lipinski definition) is 4. The van der Waals surface area contributed by atoms with Crippen molar-refractivity contribution in [1.82, 2.24) is 0 Å². The molecule has 0 aliphatic heterocycles. The summed E-state index contributed by atoms with van der Waals surface area (Å²) < 4.78 is 35.7. The van der Waals surface area contributed by atoms with Crippen LogP contribution in [-0.4, -0.2) is 21.6 Å². The van der Waals surface area contributed by atoms with Gasteiger partial charge in [-0.25, -0.2) is 0 Å². The molecule has 0 aliphatic rings. The normalized spacial score (nSPS) is 11.5. The fourth-order valence-corrected chi connectivity index (χ4v) is 6.61. The molecule has 0 spiro atoms. The molecule has 0 N–H and O–H groups in total. The van der Waals surface area contributed by atoms with Crippen LogP contribution >= 0.6 is 7.92 Å². The summed E-state index contributed by atoms with van der Waals surface area (Å²) in [5, 5.41) is 3.67. The molecule has 0 bridgehead atoms. The van der Waals surface area contributed by atoms with Gasteiger partial charge in [-0.1, -0.05) is 90.5 Å². The maximum absolute atomic E-state index is 12.3. The Balaban J connectivity index is 1.45. The summed E-state index contributed by atoms with van der Waals surface area (Å²) in [5.74, 6) is 0.684. The second-order valence-electron chi connectivity index (χ2n) is 7.44. The molecule has 33 heavy (non-hydrogen) atoms. The molecule has 0 unspecified atom stereocenters. The van der Waals surface area contributed by atoms with Crippen LogP contribution in [0.25, 0.3) is 0 Å². The first-order valence-electron chi connectivity index (χ1n) is 10.6. The highest BCUT2D eigenvalue weighted by Crippen LogP contribution is 2.33. The number of hydrogen-bond donors (Lipinski definition) is 0. The molecule has 4 aromatic rings. The zero-order valence-electron chi connectivity index (χ0n) is 18.3. The van der Waals surface area contributed by atoms with Gasteiger partial charge in [0.25, 0.3) is 10.1 Å². The summed E-state index contributed by atoms with van der Waals surface area (Å²) in [4.78, 5) is 0.145. The van der Waals surface area contributed by atoms with Crippen LogP contribution in [0.4, 0.5) is 0 Å². The molecule has 0 saturated carbocycles. The Labute approximate surface area is 196 Å². The minimum absolute atomic E-state index is 0.0629. The molecular weight excluding hydrogens is 451 g/mol. The van der Waals surface area contributed by atoms with Crippen molar-refractivity contribution in [1.29, 1.82) is 0 Å². The van der Waals surface area contributed by atoms with Crippen molar-refractivity contribution in [3.8, 4) is 5.75 Å². The molecule has 4 rings (SSSR count). The molecule has 6 heteroatoms. The minimum Gasteiger partial charge on any atom is -0.491 e. The van der Waals surface area contributed by atoms with E-state index in [1.54, 1.807) is 24.3 Å². The second-order valence-corrected chi connectivity index (χ2v) is 11.3. The number of benzene rings is 4. The van der Waals surface area contributed by atoms with E-state index in [0.29, 0.717) is 5.75 Å². The standard InChI is InChI=1S/C27H25O4PS/c1-22-15-17-27(18-16-22)33(28,29)31-20-19-30-23-9-8-14-26(21-23)32(24-10-4-2-5-11-24)25-12-6-3-7-13-25/h2-18,21H,19-20H2,1H3. The molecule has 168 valence electrons. The Morgan fingerprint density at radius 2 is 1.24 bits per heavy atom. The summed E-state index contributed by atoms with van der Waals surface area (Å²) in [6.07, 6.45) is 0. The van der Waals surface area contributed by atoms with Crippen LogP contribution in [0.3, 0.4) is 0 Å². The maximum Gasteiger partial charge on any atom is 0.297 e. The van der Waals surface area contributed by atoms with Crippen LogP contribution in [0.2, 0.25) is 0 Å². The van der Waals surface area contributed by atoms with Gasteiger partial charge in [-0.2, -0.15) is 8.42 Å². The highest BCUT2D eigenvalue weighted by molar-refractivity contribution is 7.86. The Bertz CT molecular complexity index is 1240. The zero-order valence-corrected chi connectivity index (χ0v) is 20.0. The van der Waals surface area contributed by atoms with Crippen LogP contribution in [0.5, 0.6) is 5.75 Å². The van der Waals surface area contributed by atoms with Crippen molar-refractivity contribution < 1.29 is 17.3 Å². The highest BCUT2D eigenvalue weighted by Gasteiger charge is 2.17. The fraction of sp³-hybridized carbons (Fsp3) is 0.111. The Morgan fingerprint density at radius 3 is 1.85 bits per heavy atom. The lowest BCUT2D eigenvalue weighted by Gasteiger charge is -2.20. The molecule has 0 aromatic heterocycles. The third-order valence-corrected chi connectivity index (χ3v) is 8.75. The molecule has 0 heterocycles. The van der Waals surface area contributed by atoms with Gasteiger partial charge in [0, 0.05) is 0 Å². The van der Waals surface area contributed by atoms with Gasteiger partial charge >= 0.3 is 0 Å². The maximum atomic E-state index is 12.3. The van der Waals surface area contributed by atoms with Gasteiger partial charge in [-0.05, 0) is 55.0 Å². The Hall–Kier alpha value is -2.98. The van der Waals surface area contributed by atoms with Crippen molar-refractivity contribution in [2.24, 2.45) is 0 Å². The van der Waals surface area contributed by atoms with Crippen molar-refractivity contribution >= 4 is 34.0 Å². The average Bonchev–Trinajstić information content (AvgIpc) is 2.84. The quantitative estimate of drug-likeness (QED) is 0.202. The van der Waals surface area contributed by atoms with E-state index in [2.05, 4.69) is 54.6 Å². The largest absolute Gasteiger partial charge is 0.491 e. The van der Waals surface area contributed by atoms with Gasteiger partial charge in [-0.3, -0.25) is 4.18 Å². The van der Waals surface area contributed by atoms with E-state index in [9.17, 15) is 8.42 Å². The van der Waals surface area contributed by atoms with E-state index in [4.69, 9.17) is 8.92 Å². The zero-order chi connectivity index (χ0) is 23.1. The van der Waals surface area contributed by atoms with Gasteiger partial charge < -0.3 is 4.74 Å². The fourth-order valence-electron chi connectivity index (χ4n) is 3.39. The predicted molar refractivity (Wildman–Crippen MR) is 135 cm³/mol. The first kappa shape index (κ1) is 23.2. The molecule has 0 fully saturated rings. The summed E-state index contributed by atoms with van der Waals surface area (Å²) in [7, 11) is -4.54. The molecule has 0 radical (unpaired) electrons. The van der Waals surface area contributed by atoms with E-state index in [1.165, 1.54) is 10.6 Å². The number of ether oxygens (including phenoxy) is 1. The van der Waals surface area contributed by atoms with Gasteiger partial charge in [0.15, 0.2) is 0 Å². The van der Waals surface area contributed by atoms with Gasteiger partial charge in [0.1, 0.15) is 19.0 Å². The monoisotopic (exact) mass is 476 g/mol. The molecular formula is C27H25O4PS. The predicted octanol–water partition coefficient (Wildman–Crippen LogP) is 4.54. The van der Waals surface area contributed by atoms with E-state index in [0.717, 1.165) is 10.9 Å². The lowest BCUT2D eigenvalue weighted by atomic mass is 10.2. The summed E-state index contributed by atoms with van der Waals surface area (Å²) in [5.41, 5.74) is 0.989. The van der Waals surface area contributed by atoms with Crippen molar-refractivity contribution in [3.05, 3.63) is 115 Å². The Morgan fingerprint density at radius 1 is 0.667 bits per heavy atom. The summed E-state index contributed by atoms with van der Waals surface area (Å²) in [6.45, 7) is 1.97. The van der Waals surface area contributed by atoms with Crippen LogP contribution in [0, 0.1) is 6.92 Å². The van der Waals surface area contributed by atoms with E-state index < -0.39 is 18.0 Å². The average molecular weight is 477 g/mol. The van der Waals surface area contributed by atoms with Crippen LogP contribution < -0.4 is 20.7 Å². The van der Waals surface area contributed by atoms with Gasteiger partial charge in [0.05, 0.1) is 4.90 Å². The first-order chi connectivity index (χ1) is 16.0. The van der Waals surface area contributed by atoms with E-state index in [1.807, 2.05) is 37.3 Å². The lowest BCUT2D eigenvalue weighted by molar-refractivity contribution is 0.221. The van der Waals surface area contributed by atoms with Crippen LogP contribution in [0.15, 0.2) is 114 Å². The Kier molecular flexibility index (Phi) is 7.56. The van der Waals surface area contributed by atoms with Crippen LogP contribution in [-0.2, 0) is 14.3 Å². The SMILES string of the molecule is Cc1ccc(S(=O)(=O)OCCOc2cccc(P(c3ccccc3)c3ccccc3)c2)cc1. The lowest BCUT2D eigenvalue weighted by Crippen LogP contribution is -2.20. The number of aryl methyl sites for hydroxylation is 1. The second kappa shape index (κ2) is 10.8. The minimum atomic E-state index is -3.80. The first-order valence-corrected chi connectivity index (χ1v) is 13.4. The summed E-state index contributed by atoms with van der Waals surface area (Å²) in [6, 6.07) is 35.4. The van der Waals surface area contributed by atoms with Crippen molar-refractivity contribution in [3.63, 3.8) is 0 Å². The smallest absolute Gasteiger partial charge is 0.297 e. The third kappa shape index (κ3) is 6.08. The van der Waals surface area contributed by atoms with Gasteiger partial charge in [-0.15, -0.1) is 0 Å². The van der Waals surface area contributed by atoms with Gasteiger partial charge in [0.2, 0.25) is 0 Å². The van der Waals surface area contributed by atoms with Crippen LogP contribution in [0.1, 0.15) is 5.56 Å². The third-order valence-electron chi connectivity index (χ3n) is 5.00. The molecule has 4 nitrogen and oxygen atoms in total. The molecule has 0 saturated heterocycles. The molecule has 0 atom stereocenters. The van der Waals surface area contributed by atoms with Crippen molar-refractivity contribution in [2.45, 2.75) is 11.8 Å².